The molecule has 0 aliphatic carbocycles. The molecular formula is C20H26O2. The van der Waals surface area contributed by atoms with E-state index in [1.807, 2.05) is 0 Å². The van der Waals surface area contributed by atoms with E-state index >= 15 is 0 Å². The summed E-state index contributed by atoms with van der Waals surface area (Å²) in [7, 11) is 0. The van der Waals surface area contributed by atoms with Gasteiger partial charge in [0.05, 0.1) is 0 Å². The van der Waals surface area contributed by atoms with E-state index in [-0.39, 0.29) is 13.2 Å². The fourth-order valence-electron chi connectivity index (χ4n) is 2.69. The first kappa shape index (κ1) is 16.7. The van der Waals surface area contributed by atoms with Gasteiger partial charge in [-0.1, -0.05) is 48.5 Å². The quantitative estimate of drug-likeness (QED) is 0.687. The summed E-state index contributed by atoms with van der Waals surface area (Å²) >= 11 is 0. The summed E-state index contributed by atoms with van der Waals surface area (Å²) in [6.07, 6.45) is 5.83. The Hall–Kier alpha value is -1.64. The summed E-state index contributed by atoms with van der Waals surface area (Å²) in [5.41, 5.74) is 5.17. The van der Waals surface area contributed by atoms with Crippen molar-refractivity contribution in [3.8, 4) is 11.1 Å². The lowest BCUT2D eigenvalue weighted by molar-refractivity contribution is 0.284. The summed E-state index contributed by atoms with van der Waals surface area (Å²) in [4.78, 5) is 0. The Bertz CT molecular complexity index is 512. The smallest absolute Gasteiger partial charge is 0.0431 e. The van der Waals surface area contributed by atoms with Gasteiger partial charge in [-0.3, -0.25) is 0 Å². The standard InChI is InChI=1S/C20H26O2/c21-13-3-1-7-17-9-5-11-19(15-17)20-12-6-10-18(16-20)8-2-4-14-22/h5-6,9-12,15-16,21-22H,1-4,7-8,13-14H2. The number of aliphatic hydroxyl groups excluding tert-OH is 2. The molecule has 0 aromatic heterocycles. The van der Waals surface area contributed by atoms with Crippen LogP contribution in [0.5, 0.6) is 0 Å². The van der Waals surface area contributed by atoms with Crippen molar-refractivity contribution in [3.63, 3.8) is 0 Å². The highest BCUT2D eigenvalue weighted by atomic mass is 16.3. The van der Waals surface area contributed by atoms with E-state index in [0.717, 1.165) is 38.5 Å². The van der Waals surface area contributed by atoms with Crippen LogP contribution in [-0.4, -0.2) is 23.4 Å². The topological polar surface area (TPSA) is 40.5 Å². The zero-order valence-corrected chi connectivity index (χ0v) is 13.2. The maximum Gasteiger partial charge on any atom is 0.0431 e. The Labute approximate surface area is 133 Å². The van der Waals surface area contributed by atoms with Gasteiger partial charge in [-0.05, 0) is 60.8 Å². The molecule has 0 aliphatic heterocycles. The Kier molecular flexibility index (Phi) is 7.14. The molecule has 2 nitrogen and oxygen atoms in total. The van der Waals surface area contributed by atoms with Crippen LogP contribution in [0.25, 0.3) is 11.1 Å². The Balaban J connectivity index is 2.07. The number of hydrogen-bond donors (Lipinski definition) is 2. The molecule has 2 N–H and O–H groups in total. The summed E-state index contributed by atoms with van der Waals surface area (Å²) in [5.74, 6) is 0. The molecule has 2 rings (SSSR count). The lowest BCUT2D eigenvalue weighted by Gasteiger charge is -2.08. The second-order valence-electron chi connectivity index (χ2n) is 5.76. The van der Waals surface area contributed by atoms with Crippen molar-refractivity contribution in [1.82, 2.24) is 0 Å². The Morgan fingerprint density at radius 1 is 0.591 bits per heavy atom. The normalized spacial score (nSPS) is 10.8. The molecule has 0 amide bonds. The third kappa shape index (κ3) is 5.28. The molecule has 0 saturated heterocycles. The first-order chi connectivity index (χ1) is 10.8. The molecule has 0 fully saturated rings. The van der Waals surface area contributed by atoms with Crippen molar-refractivity contribution in [2.75, 3.05) is 13.2 Å². The maximum atomic E-state index is 8.88. The molecule has 0 heterocycles. The van der Waals surface area contributed by atoms with Gasteiger partial charge >= 0.3 is 0 Å². The number of rotatable bonds is 9. The summed E-state index contributed by atoms with van der Waals surface area (Å²) in [6, 6.07) is 17.4. The van der Waals surface area contributed by atoms with E-state index in [1.165, 1.54) is 22.3 Å². The minimum absolute atomic E-state index is 0.273. The molecule has 0 unspecified atom stereocenters. The molecule has 0 saturated carbocycles. The van der Waals surface area contributed by atoms with Gasteiger partial charge in [0.2, 0.25) is 0 Å². The minimum atomic E-state index is 0.273. The minimum Gasteiger partial charge on any atom is -0.396 e. The number of aliphatic hydroxyl groups is 2. The van der Waals surface area contributed by atoms with Crippen LogP contribution in [0.4, 0.5) is 0 Å². The van der Waals surface area contributed by atoms with Gasteiger partial charge in [-0.15, -0.1) is 0 Å². The highest BCUT2D eigenvalue weighted by Crippen LogP contribution is 2.23. The van der Waals surface area contributed by atoms with Crippen LogP contribution in [0.1, 0.15) is 36.8 Å². The van der Waals surface area contributed by atoms with Gasteiger partial charge in [0.25, 0.3) is 0 Å². The van der Waals surface area contributed by atoms with Gasteiger partial charge in [-0.2, -0.15) is 0 Å². The lowest BCUT2D eigenvalue weighted by atomic mass is 9.98. The molecule has 0 radical (unpaired) electrons. The first-order valence-electron chi connectivity index (χ1n) is 8.23. The average molecular weight is 298 g/mol. The predicted molar refractivity (Wildman–Crippen MR) is 91.9 cm³/mol. The van der Waals surface area contributed by atoms with E-state index < -0.39 is 0 Å². The van der Waals surface area contributed by atoms with Crippen LogP contribution in [-0.2, 0) is 12.8 Å². The van der Waals surface area contributed by atoms with Crippen LogP contribution in [0, 0.1) is 0 Å². The number of aryl methyl sites for hydroxylation is 2. The predicted octanol–water partition coefficient (Wildman–Crippen LogP) is 3.98. The highest BCUT2D eigenvalue weighted by molar-refractivity contribution is 5.65. The molecule has 0 atom stereocenters. The molecule has 2 aromatic rings. The molecule has 0 bridgehead atoms. The van der Waals surface area contributed by atoms with Crippen LogP contribution in [0.3, 0.4) is 0 Å². The SMILES string of the molecule is OCCCCc1cccc(-c2cccc(CCCCO)c2)c1. The van der Waals surface area contributed by atoms with Crippen molar-refractivity contribution < 1.29 is 10.2 Å². The van der Waals surface area contributed by atoms with Crippen molar-refractivity contribution >= 4 is 0 Å². The molecule has 0 spiro atoms. The third-order valence-corrected chi connectivity index (χ3v) is 3.93. The lowest BCUT2D eigenvalue weighted by Crippen LogP contribution is -1.91. The third-order valence-electron chi connectivity index (χ3n) is 3.93. The van der Waals surface area contributed by atoms with Crippen molar-refractivity contribution in [3.05, 3.63) is 59.7 Å². The van der Waals surface area contributed by atoms with E-state index in [2.05, 4.69) is 48.5 Å². The molecule has 2 aromatic carbocycles. The number of hydrogen-bond acceptors (Lipinski definition) is 2. The van der Waals surface area contributed by atoms with Gasteiger partial charge in [0.1, 0.15) is 0 Å². The molecule has 0 aliphatic rings. The second-order valence-corrected chi connectivity index (χ2v) is 5.76. The zero-order valence-electron chi connectivity index (χ0n) is 13.2. The van der Waals surface area contributed by atoms with Crippen LogP contribution in [0.2, 0.25) is 0 Å². The van der Waals surface area contributed by atoms with Crippen LogP contribution >= 0.6 is 0 Å². The van der Waals surface area contributed by atoms with E-state index in [9.17, 15) is 0 Å². The summed E-state index contributed by atoms with van der Waals surface area (Å²) < 4.78 is 0. The monoisotopic (exact) mass is 298 g/mol. The Morgan fingerprint density at radius 3 is 1.45 bits per heavy atom. The highest BCUT2D eigenvalue weighted by Gasteiger charge is 2.02. The molecule has 118 valence electrons. The first-order valence-corrected chi connectivity index (χ1v) is 8.23. The maximum absolute atomic E-state index is 8.88. The Morgan fingerprint density at radius 2 is 1.05 bits per heavy atom. The van der Waals surface area contributed by atoms with E-state index in [1.54, 1.807) is 0 Å². The van der Waals surface area contributed by atoms with Crippen molar-refractivity contribution in [1.29, 1.82) is 0 Å². The van der Waals surface area contributed by atoms with Gasteiger partial charge in [0.15, 0.2) is 0 Å². The van der Waals surface area contributed by atoms with Crippen molar-refractivity contribution in [2.24, 2.45) is 0 Å². The molecule has 22 heavy (non-hydrogen) atoms. The molecule has 2 heteroatoms. The number of benzene rings is 2. The number of unbranched alkanes of at least 4 members (excludes halogenated alkanes) is 2. The van der Waals surface area contributed by atoms with Crippen molar-refractivity contribution in [2.45, 2.75) is 38.5 Å². The second kappa shape index (κ2) is 9.39. The van der Waals surface area contributed by atoms with Crippen LogP contribution < -0.4 is 0 Å². The van der Waals surface area contributed by atoms with Crippen LogP contribution in [0.15, 0.2) is 48.5 Å². The largest absolute Gasteiger partial charge is 0.396 e. The average Bonchev–Trinajstić information content (AvgIpc) is 2.56. The summed E-state index contributed by atoms with van der Waals surface area (Å²) in [5, 5.41) is 17.8. The van der Waals surface area contributed by atoms with Gasteiger partial charge in [0, 0.05) is 13.2 Å². The summed E-state index contributed by atoms with van der Waals surface area (Å²) in [6.45, 7) is 0.547. The van der Waals surface area contributed by atoms with E-state index in [0.29, 0.717) is 0 Å². The van der Waals surface area contributed by atoms with Gasteiger partial charge < -0.3 is 10.2 Å². The molecular weight excluding hydrogens is 272 g/mol. The zero-order chi connectivity index (χ0) is 15.6. The fourth-order valence-corrected chi connectivity index (χ4v) is 2.69. The van der Waals surface area contributed by atoms with Gasteiger partial charge in [-0.25, -0.2) is 0 Å². The van der Waals surface area contributed by atoms with E-state index in [4.69, 9.17) is 10.2 Å². The fraction of sp³-hybridized carbons (Fsp3) is 0.400.